The molecule has 5 rings (SSSR count). The number of aromatic nitrogens is 1. The van der Waals surface area contributed by atoms with Crippen LogP contribution in [-0.4, -0.2) is 18.7 Å². The summed E-state index contributed by atoms with van der Waals surface area (Å²) in [4.78, 5) is 2.12. The van der Waals surface area contributed by atoms with Crippen LogP contribution in [0.25, 0.3) is 44.4 Å². The number of anilines is 1. The summed E-state index contributed by atoms with van der Waals surface area (Å²) in [6.07, 6.45) is 0. The lowest BCUT2D eigenvalue weighted by Gasteiger charge is -2.23. The third-order valence-corrected chi connectivity index (χ3v) is 6.04. The summed E-state index contributed by atoms with van der Waals surface area (Å²) in [6, 6.07) is 31.8. The monoisotopic (exact) mass is 403 g/mol. The standard InChI is InChI=1S/C28H25N3/c1-30(2)23-14-16-25-27(18-23)31(3)26-17-22(29)13-15-24(26)28(25)21-11-9-20(10-12-21)19-7-5-4-6-8-19/h4-18,29H,1-3H3. The lowest BCUT2D eigenvalue weighted by Crippen LogP contribution is -2.11. The van der Waals surface area contributed by atoms with E-state index in [0.29, 0.717) is 5.36 Å². The summed E-state index contributed by atoms with van der Waals surface area (Å²) in [5.41, 5.74) is 9.38. The van der Waals surface area contributed by atoms with Gasteiger partial charge >= 0.3 is 0 Å². The van der Waals surface area contributed by atoms with E-state index in [-0.39, 0.29) is 0 Å². The van der Waals surface area contributed by atoms with Gasteiger partial charge in [0.1, 0.15) is 0 Å². The second-order valence-electron chi connectivity index (χ2n) is 8.21. The minimum absolute atomic E-state index is 0.525. The second kappa shape index (κ2) is 7.44. The van der Waals surface area contributed by atoms with Crippen molar-refractivity contribution in [3.63, 3.8) is 0 Å². The zero-order valence-electron chi connectivity index (χ0n) is 18.1. The van der Waals surface area contributed by atoms with E-state index in [1.165, 1.54) is 27.6 Å². The van der Waals surface area contributed by atoms with E-state index in [9.17, 15) is 0 Å². The van der Waals surface area contributed by atoms with Crippen molar-refractivity contribution in [3.8, 4) is 33.5 Å². The van der Waals surface area contributed by atoms with Crippen molar-refractivity contribution in [2.45, 2.75) is 0 Å². The molecule has 0 radical (unpaired) electrons. The van der Waals surface area contributed by atoms with E-state index in [0.717, 1.165) is 22.5 Å². The molecule has 3 aromatic carbocycles. The number of nitrogens with zero attached hydrogens (tertiary/aromatic N) is 2. The van der Waals surface area contributed by atoms with Gasteiger partial charge in [0.15, 0.2) is 0 Å². The van der Waals surface area contributed by atoms with Gasteiger partial charge in [-0.1, -0.05) is 66.7 Å². The highest BCUT2D eigenvalue weighted by molar-refractivity contribution is 6.04. The van der Waals surface area contributed by atoms with E-state index in [1.54, 1.807) is 0 Å². The molecular weight excluding hydrogens is 378 g/mol. The number of benzene rings is 4. The summed E-state index contributed by atoms with van der Waals surface area (Å²) in [5, 5.41) is 9.91. The molecule has 0 saturated carbocycles. The Hall–Kier alpha value is -3.85. The van der Waals surface area contributed by atoms with Gasteiger partial charge in [0.05, 0.1) is 16.6 Å². The van der Waals surface area contributed by atoms with Crippen LogP contribution in [-0.2, 0) is 7.05 Å². The van der Waals surface area contributed by atoms with Crippen LogP contribution < -0.4 is 10.3 Å². The number of fused-ring (bicyclic) bond motifs is 2. The van der Waals surface area contributed by atoms with Crippen LogP contribution in [0.3, 0.4) is 0 Å². The van der Waals surface area contributed by atoms with Crippen molar-refractivity contribution in [2.75, 3.05) is 19.0 Å². The first-order chi connectivity index (χ1) is 15.0. The maximum atomic E-state index is 8.17. The molecule has 3 nitrogen and oxygen atoms in total. The number of pyridine rings is 1. The number of rotatable bonds is 3. The van der Waals surface area contributed by atoms with Crippen LogP contribution in [0, 0.1) is 5.41 Å². The third-order valence-electron chi connectivity index (χ3n) is 6.04. The van der Waals surface area contributed by atoms with Gasteiger partial charge in [0.2, 0.25) is 0 Å². The fourth-order valence-electron chi connectivity index (χ4n) is 4.35. The van der Waals surface area contributed by atoms with E-state index in [2.05, 4.69) is 103 Å². The Kier molecular flexibility index (Phi) is 4.59. The van der Waals surface area contributed by atoms with E-state index >= 15 is 0 Å². The van der Waals surface area contributed by atoms with Gasteiger partial charge < -0.3 is 14.9 Å². The number of aryl methyl sites for hydroxylation is 1. The van der Waals surface area contributed by atoms with Crippen molar-refractivity contribution in [1.29, 1.82) is 5.41 Å². The Morgan fingerprint density at radius 2 is 1.39 bits per heavy atom. The van der Waals surface area contributed by atoms with Crippen molar-refractivity contribution in [3.05, 3.63) is 96.4 Å². The highest BCUT2D eigenvalue weighted by Gasteiger charge is 2.18. The van der Waals surface area contributed by atoms with E-state index in [4.69, 9.17) is 5.41 Å². The largest absolute Gasteiger partial charge is 0.378 e. The molecule has 3 heteroatoms. The average Bonchev–Trinajstić information content (AvgIpc) is 2.80. The number of nitrogens with one attached hydrogen (secondary N) is 1. The number of hydrogen-bond donors (Lipinski definition) is 1. The maximum absolute atomic E-state index is 8.17. The van der Waals surface area contributed by atoms with Crippen LogP contribution >= 0.6 is 0 Å². The minimum Gasteiger partial charge on any atom is -0.378 e. The van der Waals surface area contributed by atoms with Gasteiger partial charge in [-0.05, 0) is 41.0 Å². The molecule has 1 N–H and O–H groups in total. The molecule has 152 valence electrons. The Labute approximate surface area is 182 Å². The van der Waals surface area contributed by atoms with Crippen molar-refractivity contribution < 1.29 is 0 Å². The first-order valence-electron chi connectivity index (χ1n) is 10.5. The normalized spacial score (nSPS) is 11.2. The summed E-state index contributed by atoms with van der Waals surface area (Å²) < 4.78 is 2.21. The van der Waals surface area contributed by atoms with Crippen LogP contribution in [0.2, 0.25) is 0 Å². The number of hydrogen-bond acceptors (Lipinski definition) is 2. The molecule has 0 bridgehead atoms. The molecule has 0 saturated heterocycles. The Balaban J connectivity index is 1.79. The lowest BCUT2D eigenvalue weighted by atomic mass is 9.91. The third kappa shape index (κ3) is 3.28. The quantitative estimate of drug-likeness (QED) is 0.359. The zero-order chi connectivity index (χ0) is 21.5. The van der Waals surface area contributed by atoms with Gasteiger partial charge in [-0.3, -0.25) is 0 Å². The topological polar surface area (TPSA) is 32.0 Å². The second-order valence-corrected chi connectivity index (χ2v) is 8.21. The van der Waals surface area contributed by atoms with Crippen LogP contribution in [0.4, 0.5) is 5.69 Å². The molecule has 0 fully saturated rings. The lowest BCUT2D eigenvalue weighted by molar-refractivity contribution is 0.957. The molecule has 1 heterocycles. The molecule has 0 atom stereocenters. The molecule has 31 heavy (non-hydrogen) atoms. The predicted molar refractivity (Wildman–Crippen MR) is 131 cm³/mol. The van der Waals surface area contributed by atoms with E-state index < -0.39 is 0 Å². The minimum atomic E-state index is 0.525. The molecule has 3 aromatic rings. The van der Waals surface area contributed by atoms with Gasteiger partial charge in [0, 0.05) is 43.3 Å². The molecule has 2 aliphatic rings. The molecular formula is C28H25N3. The van der Waals surface area contributed by atoms with Crippen LogP contribution in [0.1, 0.15) is 0 Å². The average molecular weight is 404 g/mol. The van der Waals surface area contributed by atoms with Gasteiger partial charge in [0.25, 0.3) is 0 Å². The zero-order valence-corrected chi connectivity index (χ0v) is 18.1. The van der Waals surface area contributed by atoms with Gasteiger partial charge in [-0.25, -0.2) is 0 Å². The van der Waals surface area contributed by atoms with Crippen molar-refractivity contribution >= 4 is 16.6 Å². The fourth-order valence-corrected chi connectivity index (χ4v) is 4.35. The molecule has 0 amide bonds. The maximum Gasteiger partial charge on any atom is 0.0561 e. The summed E-state index contributed by atoms with van der Waals surface area (Å²) in [6.45, 7) is 0. The van der Waals surface area contributed by atoms with Crippen LogP contribution in [0.15, 0.2) is 91.0 Å². The fraction of sp³-hybridized carbons (Fsp3) is 0.107. The smallest absolute Gasteiger partial charge is 0.0561 e. The predicted octanol–water partition coefficient (Wildman–Crippen LogP) is 6.16. The molecule has 0 unspecified atom stereocenters. The summed E-state index contributed by atoms with van der Waals surface area (Å²) >= 11 is 0. The highest BCUT2D eigenvalue weighted by atomic mass is 15.1. The summed E-state index contributed by atoms with van der Waals surface area (Å²) in [5.74, 6) is 0. The SMILES string of the molecule is CN(C)c1ccc2c(-c3ccc(-c4ccccc4)cc3)c3ccc(=N)cc-3n(C)c2c1. The molecule has 1 aliphatic carbocycles. The van der Waals surface area contributed by atoms with Crippen molar-refractivity contribution in [1.82, 2.24) is 4.57 Å². The highest BCUT2D eigenvalue weighted by Crippen LogP contribution is 2.40. The molecule has 0 spiro atoms. The van der Waals surface area contributed by atoms with Gasteiger partial charge in [-0.2, -0.15) is 0 Å². The van der Waals surface area contributed by atoms with Gasteiger partial charge in [-0.15, -0.1) is 0 Å². The summed E-state index contributed by atoms with van der Waals surface area (Å²) in [7, 11) is 6.21. The van der Waals surface area contributed by atoms with Crippen LogP contribution in [0.5, 0.6) is 0 Å². The van der Waals surface area contributed by atoms with Crippen molar-refractivity contribution in [2.24, 2.45) is 7.05 Å². The Morgan fingerprint density at radius 3 is 2.10 bits per heavy atom. The first kappa shape index (κ1) is 19.1. The first-order valence-corrected chi connectivity index (χ1v) is 10.5. The molecule has 0 aromatic heterocycles. The Morgan fingerprint density at radius 1 is 0.710 bits per heavy atom. The van der Waals surface area contributed by atoms with E-state index in [1.807, 2.05) is 18.2 Å². The Bertz CT molecular complexity index is 1410. The molecule has 1 aliphatic heterocycles.